The van der Waals surface area contributed by atoms with Gasteiger partial charge in [-0.2, -0.15) is 5.10 Å². The van der Waals surface area contributed by atoms with Gasteiger partial charge in [-0.3, -0.25) is 29.3 Å². The minimum atomic E-state index is -1.21. The molecule has 0 spiro atoms. The van der Waals surface area contributed by atoms with Gasteiger partial charge in [0.05, 0.1) is 4.92 Å². The van der Waals surface area contributed by atoms with Crippen molar-refractivity contribution in [1.82, 2.24) is 30.2 Å². The molecule has 2 N–H and O–H groups in total. The molecule has 0 saturated carbocycles. The van der Waals surface area contributed by atoms with Crippen LogP contribution in [0.15, 0.2) is 21.8 Å². The van der Waals surface area contributed by atoms with Crippen LogP contribution in [-0.2, 0) is 20.9 Å². The molecule has 2 amide bonds. The Balaban J connectivity index is 1.42. The third-order valence-corrected chi connectivity index (χ3v) is 8.41. The van der Waals surface area contributed by atoms with Crippen molar-refractivity contribution in [1.29, 1.82) is 0 Å². The highest BCUT2D eigenvalue weighted by Crippen LogP contribution is 2.41. The first-order valence-corrected chi connectivity index (χ1v) is 12.3. The lowest BCUT2D eigenvalue weighted by Crippen LogP contribution is -2.70. The maximum absolute atomic E-state index is 12.7. The summed E-state index contributed by atoms with van der Waals surface area (Å²) < 4.78 is 1.89. The zero-order chi connectivity index (χ0) is 23.9. The van der Waals surface area contributed by atoms with Crippen molar-refractivity contribution < 1.29 is 24.4 Å². The summed E-state index contributed by atoms with van der Waals surface area (Å²) in [5.41, 5.74) is 0.537. The van der Waals surface area contributed by atoms with Gasteiger partial charge in [-0.1, -0.05) is 23.1 Å². The summed E-state index contributed by atoms with van der Waals surface area (Å²) >= 11 is 4.13. The number of carbonyl (C=O) groups excluding carboxylic acids is 2. The van der Waals surface area contributed by atoms with Crippen molar-refractivity contribution in [2.45, 2.75) is 36.1 Å². The van der Waals surface area contributed by atoms with Gasteiger partial charge >= 0.3 is 11.7 Å². The number of carboxylic acid groups (broad SMARTS) is 1. The molecule has 16 heteroatoms. The van der Waals surface area contributed by atoms with Crippen LogP contribution in [0.5, 0.6) is 0 Å². The molecule has 2 aliphatic rings. The van der Waals surface area contributed by atoms with Gasteiger partial charge in [-0.25, -0.2) is 4.79 Å². The van der Waals surface area contributed by atoms with Crippen molar-refractivity contribution in [3.05, 3.63) is 38.3 Å². The summed E-state index contributed by atoms with van der Waals surface area (Å²) in [6.07, 6.45) is 1.06. The number of thioether (sulfide) groups is 2. The van der Waals surface area contributed by atoms with Crippen molar-refractivity contribution in [2.24, 2.45) is 0 Å². The Morgan fingerprint density at radius 1 is 1.39 bits per heavy atom. The lowest BCUT2D eigenvalue weighted by atomic mass is 10.0. The van der Waals surface area contributed by atoms with E-state index in [-0.39, 0.29) is 23.6 Å². The van der Waals surface area contributed by atoms with Gasteiger partial charge in [-0.15, -0.1) is 22.0 Å². The van der Waals surface area contributed by atoms with Crippen LogP contribution in [0.1, 0.15) is 10.7 Å². The van der Waals surface area contributed by atoms with Crippen LogP contribution in [0, 0.1) is 24.0 Å². The molecule has 13 nitrogen and oxygen atoms in total. The van der Waals surface area contributed by atoms with E-state index in [0.29, 0.717) is 21.4 Å². The first kappa shape index (κ1) is 23.2. The maximum atomic E-state index is 12.7. The van der Waals surface area contributed by atoms with Gasteiger partial charge in [0, 0.05) is 11.5 Å². The van der Waals surface area contributed by atoms with Crippen LogP contribution in [0.3, 0.4) is 0 Å². The number of nitro groups is 1. The second-order valence-corrected chi connectivity index (χ2v) is 10.6. The third kappa shape index (κ3) is 4.45. The standard InChI is InChI=1S/C17H17N7O6S3/c1-7-10(24(29)30)3-18-22(7)4-11(25)19-12-14(26)23-13(16(27)28)9(5-31-15(12)23)6-32-17-21-20-8(2)33-17/h3,12,15H,4-6H2,1-2H3,(H,19,25)(H,27,28)/t12-,15+/m0/s1. The van der Waals surface area contributed by atoms with Gasteiger partial charge in [0.25, 0.3) is 5.91 Å². The molecule has 4 heterocycles. The Bertz CT molecular complexity index is 1190. The molecule has 0 unspecified atom stereocenters. The Morgan fingerprint density at radius 3 is 2.76 bits per heavy atom. The van der Waals surface area contributed by atoms with E-state index in [1.807, 2.05) is 6.92 Å². The molecular formula is C17H17N7O6S3. The number of rotatable bonds is 8. The number of nitrogens with zero attached hydrogens (tertiary/aromatic N) is 6. The summed E-state index contributed by atoms with van der Waals surface area (Å²) in [4.78, 5) is 48.7. The molecule has 2 aliphatic heterocycles. The Hall–Kier alpha value is -2.98. The SMILES string of the molecule is Cc1nnc(SCC2=C(C(=O)O)N3C(=O)[C@H](NC(=O)Cn4ncc([N+](=O)[O-])c4C)[C@H]3SC2)s1. The van der Waals surface area contributed by atoms with E-state index in [1.54, 1.807) is 0 Å². The van der Waals surface area contributed by atoms with E-state index in [2.05, 4.69) is 20.6 Å². The molecule has 2 aromatic heterocycles. The number of aliphatic carboxylic acids is 1. The number of hydrogen-bond donors (Lipinski definition) is 2. The topological polar surface area (TPSA) is 173 Å². The van der Waals surface area contributed by atoms with E-state index >= 15 is 0 Å². The zero-order valence-electron chi connectivity index (χ0n) is 17.2. The third-order valence-electron chi connectivity index (χ3n) is 5.01. The summed E-state index contributed by atoms with van der Waals surface area (Å²) in [6.45, 7) is 3.00. The first-order chi connectivity index (χ1) is 15.7. The van der Waals surface area contributed by atoms with Gasteiger partial charge in [0.2, 0.25) is 5.91 Å². The van der Waals surface area contributed by atoms with E-state index in [1.165, 1.54) is 51.4 Å². The van der Waals surface area contributed by atoms with Crippen LogP contribution >= 0.6 is 34.9 Å². The fourth-order valence-corrected chi connectivity index (χ4v) is 6.71. The summed E-state index contributed by atoms with van der Waals surface area (Å²) in [7, 11) is 0. The number of β-lactam (4-membered cyclic amide) rings is 1. The molecule has 0 radical (unpaired) electrons. The normalized spacial score (nSPS) is 19.8. The molecule has 33 heavy (non-hydrogen) atoms. The van der Waals surface area contributed by atoms with Crippen LogP contribution in [0.4, 0.5) is 5.69 Å². The average molecular weight is 512 g/mol. The quantitative estimate of drug-likeness (QED) is 0.222. The second kappa shape index (κ2) is 9.11. The van der Waals surface area contributed by atoms with Crippen LogP contribution in [-0.4, -0.2) is 75.6 Å². The molecule has 174 valence electrons. The summed E-state index contributed by atoms with van der Waals surface area (Å²) in [6, 6.07) is -0.886. The van der Waals surface area contributed by atoms with Crippen LogP contribution in [0.2, 0.25) is 0 Å². The predicted octanol–water partition coefficient (Wildman–Crippen LogP) is 0.791. The number of aryl methyl sites for hydroxylation is 1. The van der Waals surface area contributed by atoms with E-state index in [4.69, 9.17) is 0 Å². The molecule has 0 aliphatic carbocycles. The van der Waals surface area contributed by atoms with E-state index in [0.717, 1.165) is 11.2 Å². The Labute approximate surface area is 198 Å². The van der Waals surface area contributed by atoms with Crippen molar-refractivity contribution in [3.63, 3.8) is 0 Å². The number of nitrogens with one attached hydrogen (secondary N) is 1. The molecule has 2 aromatic rings. The van der Waals surface area contributed by atoms with Gasteiger partial charge in [0.1, 0.15) is 40.6 Å². The Morgan fingerprint density at radius 2 is 2.15 bits per heavy atom. The summed E-state index contributed by atoms with van der Waals surface area (Å²) in [5, 5.41) is 35.3. The monoisotopic (exact) mass is 511 g/mol. The number of amides is 2. The minimum Gasteiger partial charge on any atom is -0.477 e. The smallest absolute Gasteiger partial charge is 0.352 e. The molecular weight excluding hydrogens is 494 g/mol. The number of hydrogen-bond acceptors (Lipinski definition) is 11. The van der Waals surface area contributed by atoms with Crippen molar-refractivity contribution >= 4 is 58.3 Å². The fraction of sp³-hybridized carbons (Fsp3) is 0.412. The van der Waals surface area contributed by atoms with Gasteiger partial charge in [0.15, 0.2) is 4.34 Å². The number of carbonyl (C=O) groups is 3. The first-order valence-electron chi connectivity index (χ1n) is 9.46. The lowest BCUT2D eigenvalue weighted by Gasteiger charge is -2.49. The van der Waals surface area contributed by atoms with E-state index < -0.39 is 34.1 Å². The Kier molecular flexibility index (Phi) is 6.40. The summed E-state index contributed by atoms with van der Waals surface area (Å²) in [5.74, 6) is -1.54. The number of aromatic nitrogens is 4. The second-order valence-electron chi connectivity index (χ2n) is 7.12. The van der Waals surface area contributed by atoms with Crippen molar-refractivity contribution in [2.75, 3.05) is 11.5 Å². The van der Waals surface area contributed by atoms with Gasteiger partial charge in [-0.05, 0) is 19.4 Å². The molecule has 0 bridgehead atoms. The van der Waals surface area contributed by atoms with Crippen LogP contribution < -0.4 is 5.32 Å². The molecule has 1 fully saturated rings. The van der Waals surface area contributed by atoms with Crippen LogP contribution in [0.25, 0.3) is 0 Å². The molecule has 0 aromatic carbocycles. The highest BCUT2D eigenvalue weighted by Gasteiger charge is 2.54. The zero-order valence-corrected chi connectivity index (χ0v) is 19.7. The lowest BCUT2D eigenvalue weighted by molar-refractivity contribution is -0.385. The molecule has 4 rings (SSSR count). The number of carboxylic acids is 1. The molecule has 2 atom stereocenters. The minimum absolute atomic E-state index is 0.0680. The van der Waals surface area contributed by atoms with Gasteiger partial charge < -0.3 is 10.4 Å². The highest BCUT2D eigenvalue weighted by molar-refractivity contribution is 8.01. The average Bonchev–Trinajstić information content (AvgIpc) is 3.34. The largest absolute Gasteiger partial charge is 0.477 e. The fourth-order valence-electron chi connectivity index (χ4n) is 3.41. The van der Waals surface area contributed by atoms with Crippen molar-refractivity contribution in [3.8, 4) is 0 Å². The van der Waals surface area contributed by atoms with E-state index in [9.17, 15) is 29.6 Å². The highest BCUT2D eigenvalue weighted by atomic mass is 32.2. The molecule has 1 saturated heterocycles. The predicted molar refractivity (Wildman–Crippen MR) is 119 cm³/mol. The number of fused-ring (bicyclic) bond motifs is 1. The maximum Gasteiger partial charge on any atom is 0.352 e.